The van der Waals surface area contributed by atoms with Gasteiger partial charge in [0.25, 0.3) is 0 Å². The van der Waals surface area contributed by atoms with E-state index in [1.165, 1.54) is 0 Å². The summed E-state index contributed by atoms with van der Waals surface area (Å²) in [5.74, 6) is 0.671. The zero-order valence-electron chi connectivity index (χ0n) is 20.3. The summed E-state index contributed by atoms with van der Waals surface area (Å²) in [4.78, 5) is 29.6. The van der Waals surface area contributed by atoms with Crippen molar-refractivity contribution in [1.82, 2.24) is 19.9 Å². The van der Waals surface area contributed by atoms with Crippen molar-refractivity contribution in [1.29, 1.82) is 0 Å². The van der Waals surface area contributed by atoms with Gasteiger partial charge < -0.3 is 15.7 Å². The average molecular weight is 482 g/mol. The van der Waals surface area contributed by atoms with E-state index in [0.29, 0.717) is 36.4 Å². The van der Waals surface area contributed by atoms with Crippen LogP contribution < -0.4 is 16.1 Å². The second kappa shape index (κ2) is 10.4. The van der Waals surface area contributed by atoms with Gasteiger partial charge in [-0.15, -0.1) is 0 Å². The molecule has 1 amide bonds. The Kier molecular flexibility index (Phi) is 6.89. The van der Waals surface area contributed by atoms with Crippen molar-refractivity contribution in [2.45, 2.75) is 38.9 Å². The minimum Gasteiger partial charge on any atom is -0.507 e. The van der Waals surface area contributed by atoms with Crippen LogP contribution in [0, 0.1) is 5.92 Å². The third-order valence-corrected chi connectivity index (χ3v) is 6.82. The number of rotatable bonds is 9. The quantitative estimate of drug-likeness (QED) is 0.320. The molecule has 1 atom stereocenters. The van der Waals surface area contributed by atoms with Crippen molar-refractivity contribution in [3.05, 3.63) is 59.8 Å². The molecule has 8 nitrogen and oxygen atoms in total. The molecule has 0 saturated heterocycles. The number of unbranched alkanes of at least 4 members (excludes halogenated alkanes) is 1. The number of Topliss-reactive ketones (excluding diaryl/α,β-unsaturated/α-hetero) is 1. The van der Waals surface area contributed by atoms with Gasteiger partial charge in [-0.25, -0.2) is 4.98 Å². The molecule has 2 aromatic heterocycles. The Labute approximate surface area is 210 Å². The average Bonchev–Trinajstić information content (AvgIpc) is 3.47. The van der Waals surface area contributed by atoms with Crippen molar-refractivity contribution in [2.75, 3.05) is 18.4 Å². The van der Waals surface area contributed by atoms with E-state index < -0.39 is 0 Å². The Morgan fingerprint density at radius 3 is 2.92 bits per heavy atom. The van der Waals surface area contributed by atoms with Crippen LogP contribution in [0.5, 0.6) is 5.75 Å². The van der Waals surface area contributed by atoms with Crippen LogP contribution in [0.4, 0.5) is 5.82 Å². The fourth-order valence-electron chi connectivity index (χ4n) is 4.90. The van der Waals surface area contributed by atoms with Crippen LogP contribution in [0.15, 0.2) is 59.8 Å². The van der Waals surface area contributed by atoms with Gasteiger partial charge in [0, 0.05) is 37.3 Å². The summed E-state index contributed by atoms with van der Waals surface area (Å²) >= 11 is 0. The fraction of sp³-hybridized carbons (Fsp3) is 0.333. The number of fused-ring (bicyclic) bond motifs is 1. The number of amides is 1. The topological polar surface area (TPSA) is 109 Å². The Morgan fingerprint density at radius 2 is 2.08 bits per heavy atom. The second-order valence-electron chi connectivity index (χ2n) is 9.15. The lowest BCUT2D eigenvalue weighted by molar-refractivity contribution is -0.126. The second-order valence-corrected chi connectivity index (χ2v) is 9.15. The lowest BCUT2D eigenvalue weighted by atomic mass is 9.75. The molecule has 1 radical (unpaired) electrons. The maximum absolute atomic E-state index is 12.7. The van der Waals surface area contributed by atoms with Crippen LogP contribution >= 0.6 is 0 Å². The molecule has 36 heavy (non-hydrogen) atoms. The van der Waals surface area contributed by atoms with Crippen molar-refractivity contribution in [3.8, 4) is 17.0 Å². The molecule has 2 aliphatic carbocycles. The number of phenols is 1. The number of anilines is 1. The molecular weight excluding hydrogens is 453 g/mol. The number of nitrogens with zero attached hydrogens (tertiary/aromatic N) is 3. The molecule has 2 aliphatic rings. The first kappa shape index (κ1) is 23.8. The highest BCUT2D eigenvalue weighted by molar-refractivity contribution is 6.54. The minimum atomic E-state index is -0.343. The molecular formula is C27H29BN5O3. The normalized spacial score (nSPS) is 16.9. The number of allylic oxidation sites excluding steroid dienone is 3. The highest BCUT2D eigenvalue weighted by Gasteiger charge is 2.35. The maximum Gasteiger partial charge on any atom is 0.228 e. The van der Waals surface area contributed by atoms with Gasteiger partial charge in [-0.05, 0) is 54.4 Å². The molecule has 0 aliphatic heterocycles. The molecule has 0 spiro atoms. The first-order chi connectivity index (χ1) is 17.6. The standard InChI is InChI=1S/C27H29BN5O3/c1-28-21-16-31-33-25(15-22(32-26(21)33)19-10-4-5-11-23(19)34)29-12-6-7-13-30-27(36)20-14-24(35)18-9-3-2-8-17(18)20/h2,4-5,8,10-11,15-16,20,29,34H,3,6-7,9,12-14H2,1H3,(H,30,36). The number of hydrogen-bond donors (Lipinski definition) is 3. The highest BCUT2D eigenvalue weighted by atomic mass is 16.3. The Morgan fingerprint density at radius 1 is 1.25 bits per heavy atom. The summed E-state index contributed by atoms with van der Waals surface area (Å²) in [6.45, 7) is 3.18. The zero-order chi connectivity index (χ0) is 25.1. The molecule has 1 aromatic carbocycles. The number of nitrogens with one attached hydrogen (secondary N) is 2. The summed E-state index contributed by atoms with van der Waals surface area (Å²) in [5, 5.41) is 21.2. The van der Waals surface area contributed by atoms with Crippen LogP contribution in [-0.2, 0) is 9.59 Å². The van der Waals surface area contributed by atoms with E-state index in [0.717, 1.165) is 48.1 Å². The van der Waals surface area contributed by atoms with E-state index in [2.05, 4.69) is 15.7 Å². The van der Waals surface area contributed by atoms with Gasteiger partial charge >= 0.3 is 0 Å². The molecule has 5 rings (SSSR count). The fourth-order valence-corrected chi connectivity index (χ4v) is 4.90. The lowest BCUT2D eigenvalue weighted by Crippen LogP contribution is -2.31. The van der Waals surface area contributed by atoms with Crippen molar-refractivity contribution < 1.29 is 14.7 Å². The zero-order valence-corrected chi connectivity index (χ0v) is 20.3. The van der Waals surface area contributed by atoms with E-state index in [9.17, 15) is 14.7 Å². The minimum absolute atomic E-state index is 0.0594. The first-order valence-corrected chi connectivity index (χ1v) is 12.5. The van der Waals surface area contributed by atoms with Crippen LogP contribution in [0.3, 0.4) is 0 Å². The highest BCUT2D eigenvalue weighted by Crippen LogP contribution is 2.35. The number of aromatic hydroxyl groups is 1. The van der Waals surface area contributed by atoms with Gasteiger partial charge in [0.15, 0.2) is 18.7 Å². The van der Waals surface area contributed by atoms with Gasteiger partial charge in [0.1, 0.15) is 11.6 Å². The SMILES string of the molecule is C[B]c1cnn2c(NCCCCNC(=O)C3CC(=O)C4=C3C=CCC4)cc(-c3ccccc3O)nc12. The molecule has 0 fully saturated rings. The van der Waals surface area contributed by atoms with Crippen molar-refractivity contribution in [3.63, 3.8) is 0 Å². The number of para-hydroxylation sites is 1. The van der Waals surface area contributed by atoms with E-state index in [1.807, 2.05) is 44.5 Å². The molecule has 3 N–H and O–H groups in total. The third kappa shape index (κ3) is 4.65. The van der Waals surface area contributed by atoms with E-state index in [4.69, 9.17) is 4.98 Å². The number of aromatic nitrogens is 3. The molecule has 0 saturated carbocycles. The number of carbonyl (C=O) groups excluding carboxylic acids is 2. The third-order valence-electron chi connectivity index (χ3n) is 6.82. The van der Waals surface area contributed by atoms with Crippen LogP contribution in [0.1, 0.15) is 32.1 Å². The summed E-state index contributed by atoms with van der Waals surface area (Å²) in [6, 6.07) is 9.03. The van der Waals surface area contributed by atoms with Crippen molar-refractivity contribution in [2.24, 2.45) is 5.92 Å². The Hall–Kier alpha value is -3.88. The smallest absolute Gasteiger partial charge is 0.228 e. The first-order valence-electron chi connectivity index (χ1n) is 12.5. The summed E-state index contributed by atoms with van der Waals surface area (Å²) in [5.41, 5.74) is 4.70. The van der Waals surface area contributed by atoms with E-state index >= 15 is 0 Å². The molecule has 183 valence electrons. The maximum atomic E-state index is 12.7. The predicted molar refractivity (Wildman–Crippen MR) is 141 cm³/mol. The molecule has 3 aromatic rings. The predicted octanol–water partition coefficient (Wildman–Crippen LogP) is 3.02. The molecule has 9 heteroatoms. The van der Waals surface area contributed by atoms with Crippen molar-refractivity contribution >= 4 is 35.9 Å². The number of carbonyl (C=O) groups is 2. The number of hydrogen-bond acceptors (Lipinski definition) is 6. The summed E-state index contributed by atoms with van der Waals surface area (Å²) in [6.07, 6.45) is 9.33. The van der Waals surface area contributed by atoms with Crippen LogP contribution in [0.25, 0.3) is 16.9 Å². The molecule has 1 unspecified atom stereocenters. The summed E-state index contributed by atoms with van der Waals surface area (Å²) in [7, 11) is 1.95. The van der Waals surface area contributed by atoms with Gasteiger partial charge in [-0.1, -0.05) is 31.1 Å². The number of phenolic OH excluding ortho intramolecular Hbond substituents is 1. The van der Waals surface area contributed by atoms with Gasteiger partial charge in [-0.3, -0.25) is 9.59 Å². The van der Waals surface area contributed by atoms with E-state index in [1.54, 1.807) is 22.8 Å². The number of benzene rings is 1. The van der Waals surface area contributed by atoms with Crippen LogP contribution in [-0.4, -0.2) is 51.8 Å². The van der Waals surface area contributed by atoms with Gasteiger partial charge in [0.2, 0.25) is 5.91 Å². The summed E-state index contributed by atoms with van der Waals surface area (Å²) < 4.78 is 1.76. The lowest BCUT2D eigenvalue weighted by Gasteiger charge is -2.15. The van der Waals surface area contributed by atoms with Gasteiger partial charge in [-0.2, -0.15) is 9.61 Å². The Bertz CT molecular complexity index is 1380. The van der Waals surface area contributed by atoms with E-state index in [-0.39, 0.29) is 23.4 Å². The molecule has 0 bridgehead atoms. The molecule has 2 heterocycles. The van der Waals surface area contributed by atoms with Crippen LogP contribution in [0.2, 0.25) is 6.82 Å². The largest absolute Gasteiger partial charge is 0.507 e. The number of ketones is 1. The monoisotopic (exact) mass is 482 g/mol. The Balaban J connectivity index is 1.19. The van der Waals surface area contributed by atoms with Gasteiger partial charge in [0.05, 0.1) is 11.6 Å².